The van der Waals surface area contributed by atoms with Gasteiger partial charge >= 0.3 is 0 Å². The van der Waals surface area contributed by atoms with Crippen LogP contribution in [0, 0.1) is 6.20 Å². The van der Waals surface area contributed by atoms with Gasteiger partial charge in [-0.05, 0) is 19.3 Å². The maximum Gasteiger partial charge on any atom is 0.0532 e. The van der Waals surface area contributed by atoms with Gasteiger partial charge in [0.05, 0.1) is 6.20 Å². The summed E-state index contributed by atoms with van der Waals surface area (Å²) in [5.41, 5.74) is 0. The molecule has 1 heteroatoms. The van der Waals surface area contributed by atoms with Crippen LogP contribution < -0.4 is 5.32 Å². The van der Waals surface area contributed by atoms with Gasteiger partial charge in [0.1, 0.15) is 0 Å². The molecule has 0 unspecified atom stereocenters. The van der Waals surface area contributed by atoms with Crippen molar-refractivity contribution in [1.82, 2.24) is 5.32 Å². The van der Waals surface area contributed by atoms with Crippen LogP contribution in [0.4, 0.5) is 0 Å². The van der Waals surface area contributed by atoms with Crippen LogP contribution in [-0.2, 0) is 0 Å². The summed E-state index contributed by atoms with van der Waals surface area (Å²) in [6.07, 6.45) is 8.85. The highest BCUT2D eigenvalue weighted by Gasteiger charge is 1.87. The van der Waals surface area contributed by atoms with Crippen LogP contribution in [0.25, 0.3) is 0 Å². The van der Waals surface area contributed by atoms with E-state index in [2.05, 4.69) is 17.6 Å². The lowest BCUT2D eigenvalue weighted by Crippen LogP contribution is -2.04. The van der Waals surface area contributed by atoms with Crippen molar-refractivity contribution in [3.8, 4) is 0 Å². The molecule has 0 aliphatic carbocycles. The lowest BCUT2D eigenvalue weighted by molar-refractivity contribution is 0.725. The summed E-state index contributed by atoms with van der Waals surface area (Å²) >= 11 is 0. The fourth-order valence-electron chi connectivity index (χ4n) is 0.676. The zero-order valence-electron chi connectivity index (χ0n) is 4.41. The molecule has 0 spiro atoms. The van der Waals surface area contributed by atoms with Crippen LogP contribution >= 0.6 is 0 Å². The lowest BCUT2D eigenvalue weighted by atomic mass is 10.2. The monoisotopic (exact) mass is 96.1 g/mol. The second-order valence-electron chi connectivity index (χ2n) is 1.77. The number of hydrogen-bond donors (Lipinski definition) is 1. The molecule has 1 heterocycles. The summed E-state index contributed by atoms with van der Waals surface area (Å²) in [6, 6.07) is 0. The van der Waals surface area contributed by atoms with Crippen LogP contribution in [0.15, 0.2) is 6.08 Å². The van der Waals surface area contributed by atoms with Gasteiger partial charge in [-0.2, -0.15) is 0 Å². The van der Waals surface area contributed by atoms with Gasteiger partial charge in [-0.3, -0.25) is 0 Å². The van der Waals surface area contributed by atoms with Crippen molar-refractivity contribution < 1.29 is 0 Å². The second-order valence-corrected chi connectivity index (χ2v) is 1.77. The van der Waals surface area contributed by atoms with E-state index in [1.165, 1.54) is 19.3 Å². The van der Waals surface area contributed by atoms with E-state index < -0.39 is 0 Å². The Hall–Kier alpha value is -0.460. The predicted octanol–water partition coefficient (Wildman–Crippen LogP) is 1.08. The minimum atomic E-state index is 1.11. The Balaban J connectivity index is 2.20. The van der Waals surface area contributed by atoms with Gasteiger partial charge in [-0.25, -0.2) is 0 Å². The molecule has 0 saturated carbocycles. The SMILES string of the molecule is [C]1=CCCCCN1. The molecule has 0 bridgehead atoms. The zero-order chi connectivity index (χ0) is 4.95. The fraction of sp³-hybridized carbons (Fsp3) is 0.667. The minimum Gasteiger partial charge on any atom is -0.384 e. The molecule has 1 rings (SSSR count). The van der Waals surface area contributed by atoms with Gasteiger partial charge < -0.3 is 5.32 Å². The molecule has 0 aromatic carbocycles. The quantitative estimate of drug-likeness (QED) is 0.475. The summed E-state index contributed by atoms with van der Waals surface area (Å²) in [5, 5.41) is 3.04. The number of hydrogen-bond acceptors (Lipinski definition) is 1. The molecule has 0 amide bonds. The first-order valence-electron chi connectivity index (χ1n) is 2.80. The highest BCUT2D eigenvalue weighted by atomic mass is 14.8. The predicted molar refractivity (Wildman–Crippen MR) is 29.7 cm³/mol. The van der Waals surface area contributed by atoms with E-state index in [1.54, 1.807) is 0 Å². The smallest absolute Gasteiger partial charge is 0.0532 e. The van der Waals surface area contributed by atoms with E-state index in [-0.39, 0.29) is 0 Å². The van der Waals surface area contributed by atoms with E-state index in [1.807, 2.05) is 0 Å². The first-order valence-corrected chi connectivity index (χ1v) is 2.80. The van der Waals surface area contributed by atoms with E-state index in [0.29, 0.717) is 0 Å². The Morgan fingerprint density at radius 3 is 3.43 bits per heavy atom. The molecule has 1 radical (unpaired) electrons. The molecular formula is C6H10N. The highest BCUT2D eigenvalue weighted by Crippen LogP contribution is 1.96. The van der Waals surface area contributed by atoms with Gasteiger partial charge in [0.15, 0.2) is 0 Å². The first kappa shape index (κ1) is 4.69. The molecule has 1 nitrogen and oxygen atoms in total. The Morgan fingerprint density at radius 1 is 1.43 bits per heavy atom. The third kappa shape index (κ3) is 1.62. The maximum atomic E-state index is 3.04. The average molecular weight is 96.2 g/mol. The van der Waals surface area contributed by atoms with E-state index >= 15 is 0 Å². The van der Waals surface area contributed by atoms with Crippen LogP contribution in [0.3, 0.4) is 0 Å². The average Bonchev–Trinajstić information content (AvgIpc) is 1.90. The molecule has 39 valence electrons. The van der Waals surface area contributed by atoms with Crippen molar-refractivity contribution in [1.29, 1.82) is 0 Å². The summed E-state index contributed by atoms with van der Waals surface area (Å²) in [7, 11) is 0. The van der Waals surface area contributed by atoms with Crippen LogP contribution in [0.2, 0.25) is 0 Å². The molecule has 1 aliphatic heterocycles. The maximum absolute atomic E-state index is 3.04. The Labute approximate surface area is 44.4 Å². The van der Waals surface area contributed by atoms with Gasteiger partial charge in [0.2, 0.25) is 0 Å². The van der Waals surface area contributed by atoms with Crippen LogP contribution in [0.1, 0.15) is 19.3 Å². The first-order chi connectivity index (χ1) is 3.50. The van der Waals surface area contributed by atoms with Gasteiger partial charge in [-0.1, -0.05) is 6.08 Å². The van der Waals surface area contributed by atoms with Gasteiger partial charge in [0.25, 0.3) is 0 Å². The molecule has 1 N–H and O–H groups in total. The molecule has 1 aliphatic rings. The number of allylic oxidation sites excluding steroid dienone is 1. The Bertz CT molecular complexity index is 58.6. The second kappa shape index (κ2) is 2.67. The Kier molecular flexibility index (Phi) is 1.79. The summed E-state index contributed by atoms with van der Waals surface area (Å²) < 4.78 is 0. The van der Waals surface area contributed by atoms with E-state index in [4.69, 9.17) is 0 Å². The number of rotatable bonds is 0. The molecule has 0 aromatic heterocycles. The van der Waals surface area contributed by atoms with E-state index in [0.717, 1.165) is 6.54 Å². The standard InChI is InChI=1S/C6H10N/c1-2-4-6-7-5-3-1/h3,7H,1-2,4,6H2. The normalized spacial score (nSPS) is 20.6. The Morgan fingerprint density at radius 2 is 2.43 bits per heavy atom. The third-order valence-corrected chi connectivity index (χ3v) is 1.10. The van der Waals surface area contributed by atoms with Crippen molar-refractivity contribution in [2.45, 2.75) is 19.3 Å². The zero-order valence-corrected chi connectivity index (χ0v) is 4.41. The molecular weight excluding hydrogens is 86.1 g/mol. The largest absolute Gasteiger partial charge is 0.384 e. The van der Waals surface area contributed by atoms with Crippen molar-refractivity contribution in [2.24, 2.45) is 0 Å². The third-order valence-electron chi connectivity index (χ3n) is 1.10. The summed E-state index contributed by atoms with van der Waals surface area (Å²) in [4.78, 5) is 0. The summed E-state index contributed by atoms with van der Waals surface area (Å²) in [6.45, 7) is 1.11. The number of nitrogens with one attached hydrogen (secondary N) is 1. The van der Waals surface area contributed by atoms with E-state index in [9.17, 15) is 0 Å². The van der Waals surface area contributed by atoms with Crippen LogP contribution in [-0.4, -0.2) is 6.54 Å². The van der Waals surface area contributed by atoms with Crippen molar-refractivity contribution >= 4 is 0 Å². The molecule has 7 heavy (non-hydrogen) atoms. The van der Waals surface area contributed by atoms with Crippen molar-refractivity contribution in [2.75, 3.05) is 6.54 Å². The molecule has 0 saturated heterocycles. The minimum absolute atomic E-state index is 1.11. The van der Waals surface area contributed by atoms with Crippen molar-refractivity contribution in [3.05, 3.63) is 12.3 Å². The van der Waals surface area contributed by atoms with Crippen LogP contribution in [0.5, 0.6) is 0 Å². The molecule has 0 aromatic rings. The van der Waals surface area contributed by atoms with Gasteiger partial charge in [-0.15, -0.1) is 0 Å². The molecule has 0 fully saturated rings. The summed E-state index contributed by atoms with van der Waals surface area (Å²) in [5.74, 6) is 0. The van der Waals surface area contributed by atoms with Crippen molar-refractivity contribution in [3.63, 3.8) is 0 Å². The highest BCUT2D eigenvalue weighted by molar-refractivity contribution is 4.74. The molecule has 0 atom stereocenters. The van der Waals surface area contributed by atoms with Gasteiger partial charge in [0, 0.05) is 6.54 Å². The fourth-order valence-corrected chi connectivity index (χ4v) is 0.676. The lowest BCUT2D eigenvalue weighted by Gasteiger charge is -1.90. The topological polar surface area (TPSA) is 12.0 Å².